The highest BCUT2D eigenvalue weighted by atomic mass is 19.4. The van der Waals surface area contributed by atoms with Crippen molar-refractivity contribution in [3.05, 3.63) is 35.4 Å². The van der Waals surface area contributed by atoms with E-state index in [-0.39, 0.29) is 25.3 Å². The Kier molecular flexibility index (Phi) is 5.55. The van der Waals surface area contributed by atoms with Gasteiger partial charge in [-0.05, 0) is 50.2 Å². The summed E-state index contributed by atoms with van der Waals surface area (Å²) < 4.78 is 43.5. The molecule has 0 aromatic heterocycles. The van der Waals surface area contributed by atoms with E-state index in [1.54, 1.807) is 0 Å². The zero-order valence-electron chi connectivity index (χ0n) is 14.5. The number of rotatable bonds is 3. The Hall–Kier alpha value is -1.64. The molecule has 26 heavy (non-hydrogen) atoms. The van der Waals surface area contributed by atoms with Gasteiger partial charge in [0.05, 0.1) is 25.3 Å². The summed E-state index contributed by atoms with van der Waals surface area (Å²) in [6.07, 6.45) is -2.26. The standard InChI is InChI=1S/C18H23F3N2O3/c19-18(20,21)15-5-3-14(4-6-15)16(24)23-9-10-26-13-17(25,12-23)11-22-7-1-2-8-22/h3-6,25H,1-2,7-13H2/t17-/m0/s1. The molecule has 0 saturated carbocycles. The van der Waals surface area contributed by atoms with Gasteiger partial charge in [0.15, 0.2) is 0 Å². The van der Waals surface area contributed by atoms with Crippen LogP contribution in [0.15, 0.2) is 24.3 Å². The number of benzene rings is 1. The molecule has 5 nitrogen and oxygen atoms in total. The molecule has 8 heteroatoms. The Labute approximate surface area is 150 Å². The van der Waals surface area contributed by atoms with Crippen LogP contribution in [-0.4, -0.2) is 72.4 Å². The third-order valence-corrected chi connectivity index (χ3v) is 4.82. The first-order valence-electron chi connectivity index (χ1n) is 8.76. The third-order valence-electron chi connectivity index (χ3n) is 4.82. The summed E-state index contributed by atoms with van der Waals surface area (Å²) in [4.78, 5) is 16.3. The molecule has 0 spiro atoms. The number of β-amino-alcohol motifs (C(OH)–C–C–N with tert-alkyl or cyclic N) is 1. The van der Waals surface area contributed by atoms with Crippen molar-refractivity contribution in [3.8, 4) is 0 Å². The fraction of sp³-hybridized carbons (Fsp3) is 0.611. The van der Waals surface area contributed by atoms with E-state index < -0.39 is 23.2 Å². The molecule has 2 aliphatic rings. The first-order valence-corrected chi connectivity index (χ1v) is 8.76. The van der Waals surface area contributed by atoms with Crippen molar-refractivity contribution in [1.82, 2.24) is 9.80 Å². The van der Waals surface area contributed by atoms with Gasteiger partial charge in [-0.1, -0.05) is 0 Å². The van der Waals surface area contributed by atoms with E-state index in [0.29, 0.717) is 13.1 Å². The topological polar surface area (TPSA) is 53.0 Å². The quantitative estimate of drug-likeness (QED) is 0.882. The number of halogens is 3. The van der Waals surface area contributed by atoms with Crippen LogP contribution in [0, 0.1) is 0 Å². The largest absolute Gasteiger partial charge is 0.416 e. The van der Waals surface area contributed by atoms with Gasteiger partial charge >= 0.3 is 6.18 Å². The number of carbonyl (C=O) groups excluding carboxylic acids is 1. The predicted octanol–water partition coefficient (Wildman–Crippen LogP) is 2.00. The molecule has 1 aromatic carbocycles. The van der Waals surface area contributed by atoms with Crippen molar-refractivity contribution >= 4 is 5.91 Å². The average Bonchev–Trinajstić information content (AvgIpc) is 3.01. The number of hydrogen-bond acceptors (Lipinski definition) is 4. The van der Waals surface area contributed by atoms with E-state index in [9.17, 15) is 23.1 Å². The second-order valence-corrected chi connectivity index (χ2v) is 7.06. The first kappa shape index (κ1) is 19.1. The van der Waals surface area contributed by atoms with Gasteiger partial charge in [0.1, 0.15) is 5.60 Å². The lowest BCUT2D eigenvalue weighted by Crippen LogP contribution is -2.53. The molecule has 2 heterocycles. The lowest BCUT2D eigenvalue weighted by atomic mass is 10.0. The maximum absolute atomic E-state index is 12.7. The van der Waals surface area contributed by atoms with Crippen LogP contribution in [-0.2, 0) is 10.9 Å². The fourth-order valence-electron chi connectivity index (χ4n) is 3.53. The normalized spacial score (nSPS) is 25.3. The van der Waals surface area contributed by atoms with E-state index in [2.05, 4.69) is 4.90 Å². The van der Waals surface area contributed by atoms with Crippen molar-refractivity contribution in [3.63, 3.8) is 0 Å². The van der Waals surface area contributed by atoms with Crippen LogP contribution in [0.5, 0.6) is 0 Å². The zero-order valence-corrected chi connectivity index (χ0v) is 14.5. The van der Waals surface area contributed by atoms with E-state index in [0.717, 1.165) is 38.1 Å². The molecule has 1 aromatic rings. The molecule has 0 bridgehead atoms. The van der Waals surface area contributed by atoms with E-state index in [4.69, 9.17) is 4.74 Å². The van der Waals surface area contributed by atoms with Gasteiger partial charge in [0.25, 0.3) is 5.91 Å². The van der Waals surface area contributed by atoms with Gasteiger partial charge in [0.2, 0.25) is 0 Å². The summed E-state index contributed by atoms with van der Waals surface area (Å²) >= 11 is 0. The number of ether oxygens (including phenoxy) is 1. The molecule has 2 aliphatic heterocycles. The maximum atomic E-state index is 12.7. The van der Waals surface area contributed by atoms with Crippen LogP contribution in [0.3, 0.4) is 0 Å². The molecule has 2 saturated heterocycles. The van der Waals surface area contributed by atoms with Gasteiger partial charge in [-0.15, -0.1) is 0 Å². The number of carbonyl (C=O) groups is 1. The van der Waals surface area contributed by atoms with Gasteiger partial charge in [-0.3, -0.25) is 4.79 Å². The highest BCUT2D eigenvalue weighted by Gasteiger charge is 2.37. The molecule has 0 aliphatic carbocycles. The molecule has 2 fully saturated rings. The van der Waals surface area contributed by atoms with Gasteiger partial charge in [-0.2, -0.15) is 13.2 Å². The molecule has 1 amide bonds. The summed E-state index contributed by atoms with van der Waals surface area (Å²) in [5.74, 6) is -0.399. The molecule has 1 N–H and O–H groups in total. The number of amides is 1. The summed E-state index contributed by atoms with van der Waals surface area (Å²) in [5.41, 5.74) is -1.80. The second kappa shape index (κ2) is 7.54. The van der Waals surface area contributed by atoms with Crippen molar-refractivity contribution in [2.75, 3.05) is 45.9 Å². The van der Waals surface area contributed by atoms with Crippen LogP contribution < -0.4 is 0 Å². The summed E-state index contributed by atoms with van der Waals surface area (Å²) in [6.45, 7) is 3.06. The summed E-state index contributed by atoms with van der Waals surface area (Å²) in [7, 11) is 0. The van der Waals surface area contributed by atoms with Crippen molar-refractivity contribution in [2.24, 2.45) is 0 Å². The van der Waals surface area contributed by atoms with Gasteiger partial charge in [0, 0.05) is 18.7 Å². The van der Waals surface area contributed by atoms with Crippen LogP contribution in [0.4, 0.5) is 13.2 Å². The highest BCUT2D eigenvalue weighted by Crippen LogP contribution is 2.29. The number of likely N-dealkylation sites (tertiary alicyclic amines) is 1. The second-order valence-electron chi connectivity index (χ2n) is 7.06. The Morgan fingerprint density at radius 3 is 2.42 bits per heavy atom. The Morgan fingerprint density at radius 2 is 1.81 bits per heavy atom. The van der Waals surface area contributed by atoms with Crippen LogP contribution in [0.2, 0.25) is 0 Å². The SMILES string of the molecule is O=C(c1ccc(C(F)(F)F)cc1)N1CCOC[C@](O)(CN2CCCC2)C1. The molecule has 3 rings (SSSR count). The maximum Gasteiger partial charge on any atom is 0.416 e. The lowest BCUT2D eigenvalue weighted by Gasteiger charge is -2.34. The number of nitrogens with zero attached hydrogens (tertiary/aromatic N) is 2. The predicted molar refractivity (Wildman–Crippen MR) is 88.8 cm³/mol. The Bertz CT molecular complexity index is 630. The minimum absolute atomic E-state index is 0.101. The minimum Gasteiger partial charge on any atom is -0.384 e. The molecular weight excluding hydrogens is 349 g/mol. The Morgan fingerprint density at radius 1 is 1.15 bits per heavy atom. The van der Waals surface area contributed by atoms with Crippen LogP contribution >= 0.6 is 0 Å². The highest BCUT2D eigenvalue weighted by molar-refractivity contribution is 5.94. The number of aliphatic hydroxyl groups is 1. The molecule has 144 valence electrons. The van der Waals surface area contributed by atoms with Gasteiger partial charge in [-0.25, -0.2) is 0 Å². The van der Waals surface area contributed by atoms with Crippen LogP contribution in [0.25, 0.3) is 0 Å². The van der Waals surface area contributed by atoms with E-state index in [1.807, 2.05) is 0 Å². The summed E-state index contributed by atoms with van der Waals surface area (Å²) in [6, 6.07) is 4.16. The average molecular weight is 372 g/mol. The number of hydrogen-bond donors (Lipinski definition) is 1. The first-order chi connectivity index (χ1) is 12.3. The van der Waals surface area contributed by atoms with E-state index in [1.165, 1.54) is 17.0 Å². The third kappa shape index (κ3) is 4.55. The number of alkyl halides is 3. The fourth-order valence-corrected chi connectivity index (χ4v) is 3.53. The van der Waals surface area contributed by atoms with E-state index >= 15 is 0 Å². The van der Waals surface area contributed by atoms with Crippen LogP contribution in [0.1, 0.15) is 28.8 Å². The summed E-state index contributed by atoms with van der Waals surface area (Å²) in [5, 5.41) is 10.9. The monoisotopic (exact) mass is 372 g/mol. The Balaban J connectivity index is 1.71. The molecule has 0 unspecified atom stereocenters. The molecule has 0 radical (unpaired) electrons. The lowest BCUT2D eigenvalue weighted by molar-refractivity contribution is -0.137. The molecular formula is C18H23F3N2O3. The van der Waals surface area contributed by atoms with Crippen molar-refractivity contribution in [1.29, 1.82) is 0 Å². The van der Waals surface area contributed by atoms with Crippen molar-refractivity contribution in [2.45, 2.75) is 24.6 Å². The van der Waals surface area contributed by atoms with Crippen molar-refractivity contribution < 1.29 is 27.8 Å². The zero-order chi connectivity index (χ0) is 18.8. The smallest absolute Gasteiger partial charge is 0.384 e. The van der Waals surface area contributed by atoms with Gasteiger partial charge < -0.3 is 19.6 Å². The molecule has 1 atom stereocenters. The minimum atomic E-state index is -4.44.